The highest BCUT2D eigenvalue weighted by Gasteiger charge is 2.50. The number of fused-ring (bicyclic) bond motifs is 1. The molecule has 3 heterocycles. The summed E-state index contributed by atoms with van der Waals surface area (Å²) in [5.41, 5.74) is 1.10. The number of hydrogen-bond acceptors (Lipinski definition) is 6. The van der Waals surface area contributed by atoms with E-state index in [0.717, 1.165) is 40.8 Å². The van der Waals surface area contributed by atoms with Gasteiger partial charge in [0.1, 0.15) is 18.0 Å². The lowest BCUT2D eigenvalue weighted by Crippen LogP contribution is -2.59. The smallest absolute Gasteiger partial charge is 0.275 e. The molecule has 2 aliphatic heterocycles. The van der Waals surface area contributed by atoms with E-state index < -0.39 is 29.0 Å². The Bertz CT molecular complexity index is 805. The van der Waals surface area contributed by atoms with Gasteiger partial charge < -0.3 is 10.2 Å². The van der Waals surface area contributed by atoms with Crippen LogP contribution in [0.15, 0.2) is 6.33 Å². The molecule has 1 saturated heterocycles. The Morgan fingerprint density at radius 2 is 2.04 bits per heavy atom. The van der Waals surface area contributed by atoms with E-state index in [2.05, 4.69) is 27.1 Å². The summed E-state index contributed by atoms with van der Waals surface area (Å²) in [5, 5.41) is 3.32. The van der Waals surface area contributed by atoms with Crippen molar-refractivity contribution >= 4 is 21.7 Å². The monoisotopic (exact) mass is 387 g/mol. The first-order valence-corrected chi connectivity index (χ1v) is 10.4. The number of alkyl halides is 2. The molecule has 0 spiro atoms. The van der Waals surface area contributed by atoms with Gasteiger partial charge in [0.2, 0.25) is 10.0 Å². The topological polar surface area (TPSA) is 78.4 Å². The normalized spacial score (nSPS) is 30.1. The second-order valence-corrected chi connectivity index (χ2v) is 9.79. The highest BCUT2D eigenvalue weighted by atomic mass is 32.2. The number of nitrogens with zero attached hydrogens (tertiary/aromatic N) is 4. The second kappa shape index (κ2) is 5.98. The van der Waals surface area contributed by atoms with Crippen LogP contribution in [-0.2, 0) is 16.4 Å². The Kier molecular flexibility index (Phi) is 4.11. The van der Waals surface area contributed by atoms with E-state index in [1.807, 2.05) is 7.05 Å². The van der Waals surface area contributed by atoms with Crippen molar-refractivity contribution in [2.24, 2.45) is 5.92 Å². The Morgan fingerprint density at radius 1 is 1.35 bits per heavy atom. The number of nitrogens with one attached hydrogen (secondary N) is 1. The van der Waals surface area contributed by atoms with Crippen LogP contribution < -0.4 is 10.2 Å². The minimum Gasteiger partial charge on any atom is -0.367 e. The van der Waals surface area contributed by atoms with Crippen LogP contribution in [0, 0.1) is 5.92 Å². The number of halogens is 2. The van der Waals surface area contributed by atoms with E-state index in [1.54, 1.807) is 6.33 Å². The molecule has 10 heteroatoms. The third kappa shape index (κ3) is 3.13. The molecule has 2 fully saturated rings. The fraction of sp³-hybridized carbons (Fsp3) is 0.750. The van der Waals surface area contributed by atoms with E-state index in [1.165, 1.54) is 0 Å². The maximum atomic E-state index is 12.9. The Balaban J connectivity index is 1.35. The van der Waals surface area contributed by atoms with Gasteiger partial charge in [-0.15, -0.1) is 0 Å². The number of sulfonamides is 1. The molecular formula is C16H23F2N5O2S. The van der Waals surface area contributed by atoms with Crippen molar-refractivity contribution in [2.75, 3.05) is 36.1 Å². The summed E-state index contributed by atoms with van der Waals surface area (Å²) in [6.45, 7) is 0.738. The van der Waals surface area contributed by atoms with Crippen molar-refractivity contribution < 1.29 is 17.2 Å². The van der Waals surface area contributed by atoms with Crippen LogP contribution in [0.4, 0.5) is 20.4 Å². The predicted octanol–water partition coefficient (Wildman–Crippen LogP) is 1.33. The maximum Gasteiger partial charge on any atom is 0.275 e. The number of anilines is 2. The summed E-state index contributed by atoms with van der Waals surface area (Å²) < 4.78 is 51.1. The molecule has 3 aliphatic rings. The molecule has 26 heavy (non-hydrogen) atoms. The van der Waals surface area contributed by atoms with Crippen molar-refractivity contribution in [3.05, 3.63) is 11.9 Å². The maximum absolute atomic E-state index is 12.9. The number of rotatable bonds is 5. The zero-order valence-electron chi connectivity index (χ0n) is 14.8. The van der Waals surface area contributed by atoms with Crippen LogP contribution in [-0.4, -0.2) is 66.6 Å². The predicted molar refractivity (Wildman–Crippen MR) is 94.0 cm³/mol. The van der Waals surface area contributed by atoms with Crippen molar-refractivity contribution in [3.8, 4) is 0 Å². The molecule has 0 bridgehead atoms. The summed E-state index contributed by atoms with van der Waals surface area (Å²) in [4.78, 5) is 10.8. The Hall–Kier alpha value is -1.55. The molecule has 0 aromatic carbocycles. The van der Waals surface area contributed by atoms with Crippen LogP contribution in [0.3, 0.4) is 0 Å². The van der Waals surface area contributed by atoms with E-state index in [0.29, 0.717) is 6.04 Å². The van der Waals surface area contributed by atoms with Gasteiger partial charge in [0.15, 0.2) is 0 Å². The van der Waals surface area contributed by atoms with Crippen LogP contribution in [0.25, 0.3) is 0 Å². The highest BCUT2D eigenvalue weighted by Crippen LogP contribution is 2.39. The molecule has 0 radical (unpaired) electrons. The van der Waals surface area contributed by atoms with Gasteiger partial charge in [-0.3, -0.25) is 0 Å². The molecule has 7 nitrogen and oxygen atoms in total. The minimum atomic E-state index is -3.59. The van der Waals surface area contributed by atoms with Crippen LogP contribution in [0.5, 0.6) is 0 Å². The standard InChI is InChI=1S/C16H23F2N5O2S/c1-10-3-13-14(21-10)19-9-20-15(13)22(2)12-4-11(5-12)6-26(24,25)23-7-16(17,18)8-23/h9-12H,3-8H2,1-2H3,(H,19,20,21)/t10?,11-,12+. The first-order valence-electron chi connectivity index (χ1n) is 8.83. The van der Waals surface area contributed by atoms with E-state index in [4.69, 9.17) is 0 Å². The fourth-order valence-corrected chi connectivity index (χ4v) is 5.86. The lowest BCUT2D eigenvalue weighted by atomic mass is 9.80. The van der Waals surface area contributed by atoms with Gasteiger partial charge in [0, 0.05) is 24.7 Å². The van der Waals surface area contributed by atoms with E-state index in [-0.39, 0.29) is 17.7 Å². The zero-order valence-corrected chi connectivity index (χ0v) is 15.6. The molecule has 1 atom stereocenters. The zero-order chi connectivity index (χ0) is 18.7. The van der Waals surface area contributed by atoms with Crippen LogP contribution in [0.1, 0.15) is 25.3 Å². The van der Waals surface area contributed by atoms with E-state index >= 15 is 0 Å². The lowest BCUT2D eigenvalue weighted by Gasteiger charge is -2.44. The van der Waals surface area contributed by atoms with Gasteiger partial charge in [-0.25, -0.2) is 27.2 Å². The number of hydrogen-bond donors (Lipinski definition) is 1. The fourth-order valence-electron chi connectivity index (χ4n) is 4.01. The van der Waals surface area contributed by atoms with Crippen molar-refractivity contribution in [1.82, 2.24) is 14.3 Å². The van der Waals surface area contributed by atoms with Crippen LogP contribution >= 0.6 is 0 Å². The summed E-state index contributed by atoms with van der Waals surface area (Å²) in [6, 6.07) is 0.533. The third-order valence-electron chi connectivity index (χ3n) is 5.56. The molecule has 1 unspecified atom stereocenters. The van der Waals surface area contributed by atoms with Gasteiger partial charge in [0.05, 0.1) is 18.8 Å². The molecule has 4 rings (SSSR count). The molecule has 1 N–H and O–H groups in total. The largest absolute Gasteiger partial charge is 0.367 e. The van der Waals surface area contributed by atoms with Gasteiger partial charge in [-0.05, 0) is 32.1 Å². The molecule has 1 saturated carbocycles. The van der Waals surface area contributed by atoms with E-state index in [9.17, 15) is 17.2 Å². The van der Waals surface area contributed by atoms with Gasteiger partial charge in [-0.1, -0.05) is 0 Å². The molecule has 144 valence electrons. The summed E-state index contributed by atoms with van der Waals surface area (Å²) in [6.07, 6.45) is 3.85. The third-order valence-corrected chi connectivity index (χ3v) is 7.50. The number of aromatic nitrogens is 2. The SMILES string of the molecule is CC1Cc2c(ncnc2N(C)[C@H]2C[C@@H](CS(=O)(=O)N3CC(F)(F)C3)C2)N1. The summed E-state index contributed by atoms with van der Waals surface area (Å²) >= 11 is 0. The molecule has 0 amide bonds. The summed E-state index contributed by atoms with van der Waals surface area (Å²) in [7, 11) is -1.62. The molecular weight excluding hydrogens is 364 g/mol. The van der Waals surface area contributed by atoms with Crippen molar-refractivity contribution in [1.29, 1.82) is 0 Å². The minimum absolute atomic E-state index is 0.00797. The van der Waals surface area contributed by atoms with Gasteiger partial charge in [0.25, 0.3) is 5.92 Å². The quantitative estimate of drug-likeness (QED) is 0.821. The van der Waals surface area contributed by atoms with Crippen molar-refractivity contribution in [2.45, 2.75) is 44.2 Å². The Labute approximate surface area is 151 Å². The molecule has 1 aromatic heterocycles. The molecule has 1 aliphatic carbocycles. The van der Waals surface area contributed by atoms with Gasteiger partial charge >= 0.3 is 0 Å². The second-order valence-electron chi connectivity index (χ2n) is 7.78. The van der Waals surface area contributed by atoms with Crippen LogP contribution in [0.2, 0.25) is 0 Å². The average Bonchev–Trinajstić information content (AvgIpc) is 2.87. The Morgan fingerprint density at radius 3 is 2.69 bits per heavy atom. The lowest BCUT2D eigenvalue weighted by molar-refractivity contribution is -0.0946. The first kappa shape index (κ1) is 17.8. The highest BCUT2D eigenvalue weighted by molar-refractivity contribution is 7.89. The van der Waals surface area contributed by atoms with Gasteiger partial charge in [-0.2, -0.15) is 4.31 Å². The van der Waals surface area contributed by atoms with Crippen molar-refractivity contribution in [3.63, 3.8) is 0 Å². The average molecular weight is 387 g/mol. The molecule has 1 aromatic rings. The summed E-state index contributed by atoms with van der Waals surface area (Å²) in [5.74, 6) is -1.15. The first-order chi connectivity index (χ1) is 12.1.